The second-order valence-corrected chi connectivity index (χ2v) is 10.2. The van der Waals surface area contributed by atoms with Crippen LogP contribution in [0, 0.1) is 0 Å². The van der Waals surface area contributed by atoms with Gasteiger partial charge in [-0.15, -0.1) is 0 Å². The molecule has 0 atom stereocenters. The highest BCUT2D eigenvalue weighted by atomic mass is 35.5. The maximum atomic E-state index is 13.2. The maximum absolute atomic E-state index is 13.2. The number of halogens is 1. The van der Waals surface area contributed by atoms with Crippen LogP contribution in [-0.2, 0) is 10.0 Å². The molecule has 0 radical (unpaired) electrons. The average molecular weight is 488 g/mol. The molecule has 164 valence electrons. The topological polar surface area (TPSA) is 88.6 Å². The zero-order valence-corrected chi connectivity index (χ0v) is 19.5. The van der Waals surface area contributed by atoms with E-state index in [1.54, 1.807) is 24.3 Å². The number of sulfonamides is 1. The fourth-order valence-corrected chi connectivity index (χ4v) is 5.30. The minimum Gasteiger partial charge on any atom is -0.497 e. The molecule has 0 bridgehead atoms. The van der Waals surface area contributed by atoms with Crippen LogP contribution in [0.1, 0.15) is 10.4 Å². The number of benzene rings is 3. The minimum absolute atomic E-state index is 0.0372. The Labute approximate surface area is 194 Å². The number of methoxy groups -OCH3 is 1. The van der Waals surface area contributed by atoms with Crippen molar-refractivity contribution >= 4 is 59.9 Å². The van der Waals surface area contributed by atoms with Gasteiger partial charge in [0.2, 0.25) is 0 Å². The van der Waals surface area contributed by atoms with Crippen molar-refractivity contribution in [3.63, 3.8) is 0 Å². The monoisotopic (exact) mass is 487 g/mol. The van der Waals surface area contributed by atoms with Crippen LogP contribution in [-0.4, -0.2) is 33.5 Å². The lowest BCUT2D eigenvalue weighted by Gasteiger charge is -2.20. The number of amides is 1. The lowest BCUT2D eigenvalue weighted by molar-refractivity contribution is 0.102. The van der Waals surface area contributed by atoms with E-state index in [0.29, 0.717) is 16.6 Å². The van der Waals surface area contributed by atoms with Crippen molar-refractivity contribution in [2.24, 2.45) is 0 Å². The summed E-state index contributed by atoms with van der Waals surface area (Å²) in [7, 11) is -0.968. The Balaban J connectivity index is 1.62. The third kappa shape index (κ3) is 4.27. The summed E-state index contributed by atoms with van der Waals surface area (Å²) in [4.78, 5) is 17.2. The first kappa shape index (κ1) is 22.1. The van der Waals surface area contributed by atoms with Gasteiger partial charge >= 0.3 is 0 Å². The number of thiazole rings is 1. The van der Waals surface area contributed by atoms with Gasteiger partial charge in [0.1, 0.15) is 5.75 Å². The molecule has 0 aliphatic heterocycles. The number of carbonyl (C=O) groups is 1. The molecule has 0 unspecified atom stereocenters. The largest absolute Gasteiger partial charge is 0.497 e. The summed E-state index contributed by atoms with van der Waals surface area (Å²) in [6.45, 7) is 0. The highest BCUT2D eigenvalue weighted by Gasteiger charge is 2.24. The number of para-hydroxylation sites is 1. The van der Waals surface area contributed by atoms with Gasteiger partial charge < -0.3 is 4.74 Å². The molecule has 0 aliphatic rings. The van der Waals surface area contributed by atoms with Crippen LogP contribution < -0.4 is 14.4 Å². The van der Waals surface area contributed by atoms with Gasteiger partial charge in [0.15, 0.2) is 5.13 Å². The van der Waals surface area contributed by atoms with E-state index in [2.05, 4.69) is 10.3 Å². The molecular formula is C22H18ClN3O4S2. The van der Waals surface area contributed by atoms with Gasteiger partial charge in [0.25, 0.3) is 15.9 Å². The second-order valence-electron chi connectivity index (χ2n) is 6.75. The number of ether oxygens (including phenoxy) is 1. The first-order valence-electron chi connectivity index (χ1n) is 9.39. The van der Waals surface area contributed by atoms with Crippen LogP contribution in [0.3, 0.4) is 0 Å². The number of rotatable bonds is 6. The summed E-state index contributed by atoms with van der Waals surface area (Å²) in [5, 5.41) is 3.24. The molecule has 0 saturated carbocycles. The molecular weight excluding hydrogens is 470 g/mol. The number of fused-ring (bicyclic) bond motifs is 1. The van der Waals surface area contributed by atoms with Crippen molar-refractivity contribution < 1.29 is 17.9 Å². The number of nitrogens with one attached hydrogen (secondary N) is 1. The summed E-state index contributed by atoms with van der Waals surface area (Å²) in [5.74, 6) is 0.0676. The summed E-state index contributed by atoms with van der Waals surface area (Å²) in [5.41, 5.74) is 1.24. The van der Waals surface area contributed by atoms with Crippen LogP contribution in [0.25, 0.3) is 10.2 Å². The number of aromatic nitrogens is 1. The summed E-state index contributed by atoms with van der Waals surface area (Å²) < 4.78 is 33.5. The molecule has 4 rings (SSSR count). The molecule has 10 heteroatoms. The molecule has 0 spiro atoms. The fraction of sp³-hybridized carbons (Fsp3) is 0.0909. The molecule has 1 amide bonds. The predicted molar refractivity (Wildman–Crippen MR) is 128 cm³/mol. The molecule has 7 nitrogen and oxygen atoms in total. The smallest absolute Gasteiger partial charge is 0.264 e. The highest BCUT2D eigenvalue weighted by Crippen LogP contribution is 2.29. The zero-order valence-electron chi connectivity index (χ0n) is 17.1. The van der Waals surface area contributed by atoms with E-state index in [1.165, 1.54) is 43.7 Å². The Kier molecular flexibility index (Phi) is 6.05. The SMILES string of the molecule is COc1ccc(N(C)S(=O)(=O)c2ccc(Cl)c(C(=O)Nc3nc4ccccc4s3)c2)cc1. The van der Waals surface area contributed by atoms with Gasteiger partial charge in [-0.3, -0.25) is 14.4 Å². The normalized spacial score (nSPS) is 11.3. The van der Waals surface area contributed by atoms with Gasteiger partial charge in [-0.1, -0.05) is 35.1 Å². The number of hydrogen-bond acceptors (Lipinski definition) is 6. The molecule has 0 fully saturated rings. The molecule has 1 aromatic heterocycles. The second kappa shape index (κ2) is 8.78. The Hall–Kier alpha value is -3.14. The van der Waals surface area contributed by atoms with Gasteiger partial charge in [-0.05, 0) is 54.6 Å². The third-order valence-corrected chi connectivity index (χ3v) is 7.85. The van der Waals surface area contributed by atoms with Gasteiger partial charge in [-0.25, -0.2) is 13.4 Å². The van der Waals surface area contributed by atoms with E-state index in [4.69, 9.17) is 16.3 Å². The average Bonchev–Trinajstić information content (AvgIpc) is 3.21. The summed E-state index contributed by atoms with van der Waals surface area (Å²) in [6.07, 6.45) is 0. The standard InChI is InChI=1S/C22H18ClN3O4S2/c1-26(14-7-9-15(30-2)10-8-14)32(28,29)16-11-12-18(23)17(13-16)21(27)25-22-24-19-5-3-4-6-20(19)31-22/h3-13H,1-2H3,(H,24,25,27). The van der Waals surface area contributed by atoms with Crippen LogP contribution in [0.4, 0.5) is 10.8 Å². The lowest BCUT2D eigenvalue weighted by Crippen LogP contribution is -2.27. The summed E-state index contributed by atoms with van der Waals surface area (Å²) in [6, 6.07) is 18.1. The maximum Gasteiger partial charge on any atom is 0.264 e. The first-order valence-corrected chi connectivity index (χ1v) is 12.0. The lowest BCUT2D eigenvalue weighted by atomic mass is 10.2. The van der Waals surface area contributed by atoms with E-state index >= 15 is 0 Å². The minimum atomic E-state index is -3.94. The van der Waals surface area contributed by atoms with Crippen LogP contribution in [0.2, 0.25) is 5.02 Å². The van der Waals surface area contributed by atoms with E-state index < -0.39 is 15.9 Å². The quantitative estimate of drug-likeness (QED) is 0.411. The Morgan fingerprint density at radius 3 is 2.50 bits per heavy atom. The molecule has 1 N–H and O–H groups in total. The number of anilines is 2. The third-order valence-electron chi connectivity index (χ3n) is 4.79. The van der Waals surface area contributed by atoms with Crippen molar-refractivity contribution in [3.05, 3.63) is 77.3 Å². The van der Waals surface area contributed by atoms with E-state index in [0.717, 1.165) is 14.5 Å². The number of nitrogens with zero attached hydrogens (tertiary/aromatic N) is 2. The van der Waals surface area contributed by atoms with Crippen LogP contribution in [0.5, 0.6) is 5.75 Å². The number of hydrogen-bond donors (Lipinski definition) is 1. The van der Waals surface area contributed by atoms with Gasteiger partial charge in [-0.2, -0.15) is 0 Å². The van der Waals surface area contributed by atoms with Crippen molar-refractivity contribution in [2.75, 3.05) is 23.8 Å². The number of carbonyl (C=O) groups excluding carboxylic acids is 1. The Morgan fingerprint density at radius 1 is 1.09 bits per heavy atom. The Morgan fingerprint density at radius 2 is 1.81 bits per heavy atom. The Bertz CT molecular complexity index is 1370. The van der Waals surface area contributed by atoms with Crippen molar-refractivity contribution in [1.29, 1.82) is 0 Å². The molecule has 3 aromatic carbocycles. The van der Waals surface area contributed by atoms with Crippen molar-refractivity contribution in [1.82, 2.24) is 4.98 Å². The van der Waals surface area contributed by atoms with E-state index in [1.807, 2.05) is 24.3 Å². The molecule has 32 heavy (non-hydrogen) atoms. The van der Waals surface area contributed by atoms with Crippen molar-refractivity contribution in [2.45, 2.75) is 4.90 Å². The summed E-state index contributed by atoms with van der Waals surface area (Å²) >= 11 is 7.53. The zero-order chi connectivity index (χ0) is 22.9. The van der Waals surface area contributed by atoms with Crippen molar-refractivity contribution in [3.8, 4) is 5.75 Å². The molecule has 0 saturated heterocycles. The van der Waals surface area contributed by atoms with Gasteiger partial charge in [0, 0.05) is 7.05 Å². The highest BCUT2D eigenvalue weighted by molar-refractivity contribution is 7.92. The van der Waals surface area contributed by atoms with Crippen LogP contribution in [0.15, 0.2) is 71.6 Å². The fourth-order valence-electron chi connectivity index (χ4n) is 3.02. The van der Waals surface area contributed by atoms with E-state index in [-0.39, 0.29) is 15.5 Å². The molecule has 4 aromatic rings. The van der Waals surface area contributed by atoms with Gasteiger partial charge in [0.05, 0.1) is 38.5 Å². The molecule has 0 aliphatic carbocycles. The molecule has 1 heterocycles. The predicted octanol–water partition coefficient (Wildman–Crippen LogP) is 5.04. The first-order chi connectivity index (χ1) is 15.3. The van der Waals surface area contributed by atoms with Crippen LogP contribution >= 0.6 is 22.9 Å². The van der Waals surface area contributed by atoms with E-state index in [9.17, 15) is 13.2 Å².